The fourth-order valence-corrected chi connectivity index (χ4v) is 1.25. The molecule has 68 valence electrons. The molecule has 2 heteroatoms. The van der Waals surface area contributed by atoms with Gasteiger partial charge in [-0.2, -0.15) is 5.26 Å². The van der Waals surface area contributed by atoms with Gasteiger partial charge < -0.3 is 0 Å². The van der Waals surface area contributed by atoms with Crippen molar-refractivity contribution in [2.45, 2.75) is 25.9 Å². The van der Waals surface area contributed by atoms with Gasteiger partial charge in [0.15, 0.2) is 0 Å². The minimum absolute atomic E-state index is 0.102. The molecule has 0 aliphatic heterocycles. The van der Waals surface area contributed by atoms with Crippen LogP contribution in [0.15, 0.2) is 30.3 Å². The van der Waals surface area contributed by atoms with Gasteiger partial charge in [-0.15, -0.1) is 0 Å². The average Bonchev–Trinajstić information content (AvgIpc) is 2.19. The molecule has 1 rings (SSSR count). The van der Waals surface area contributed by atoms with Gasteiger partial charge >= 0.3 is 0 Å². The monoisotopic (exact) mass is 174 g/mol. The van der Waals surface area contributed by atoms with Crippen LogP contribution >= 0.6 is 0 Å². The van der Waals surface area contributed by atoms with Crippen LogP contribution in [0.1, 0.15) is 25.5 Å². The molecule has 0 bridgehead atoms. The van der Waals surface area contributed by atoms with Crippen molar-refractivity contribution in [1.82, 2.24) is 5.32 Å². The maximum atomic E-state index is 8.62. The second kappa shape index (κ2) is 4.64. The van der Waals surface area contributed by atoms with E-state index < -0.39 is 0 Å². The molecule has 0 radical (unpaired) electrons. The number of nitrogens with zero attached hydrogens (tertiary/aromatic N) is 1. The van der Waals surface area contributed by atoms with Gasteiger partial charge in [-0.1, -0.05) is 30.3 Å². The van der Waals surface area contributed by atoms with Crippen LogP contribution in [0.2, 0.25) is 0 Å². The zero-order chi connectivity index (χ0) is 9.68. The van der Waals surface area contributed by atoms with E-state index in [1.807, 2.05) is 25.1 Å². The molecule has 0 amide bonds. The minimum atomic E-state index is -0.102. The van der Waals surface area contributed by atoms with Gasteiger partial charge in [0.1, 0.15) is 0 Å². The highest BCUT2D eigenvalue weighted by molar-refractivity contribution is 5.18. The lowest BCUT2D eigenvalue weighted by Crippen LogP contribution is -2.27. The third-order valence-electron chi connectivity index (χ3n) is 1.99. The van der Waals surface area contributed by atoms with Gasteiger partial charge in [-0.25, -0.2) is 0 Å². The number of nitriles is 1. The van der Waals surface area contributed by atoms with Crippen LogP contribution in [0, 0.1) is 11.3 Å². The molecule has 1 aromatic carbocycles. The first-order chi connectivity index (χ1) is 6.24. The summed E-state index contributed by atoms with van der Waals surface area (Å²) in [7, 11) is 0. The highest BCUT2D eigenvalue weighted by atomic mass is 14.9. The van der Waals surface area contributed by atoms with Gasteiger partial charge in [0.2, 0.25) is 0 Å². The standard InChI is InChI=1S/C11H14N2/c1-9(8-12)13-10(2)11-6-4-3-5-7-11/h3-7,9-10,13H,1-2H3. The molecule has 0 heterocycles. The highest BCUT2D eigenvalue weighted by Crippen LogP contribution is 2.11. The van der Waals surface area contributed by atoms with Gasteiger partial charge in [0.25, 0.3) is 0 Å². The van der Waals surface area contributed by atoms with Crippen molar-refractivity contribution in [3.63, 3.8) is 0 Å². The van der Waals surface area contributed by atoms with Crippen molar-refractivity contribution < 1.29 is 0 Å². The van der Waals surface area contributed by atoms with Crippen LogP contribution in [-0.2, 0) is 0 Å². The van der Waals surface area contributed by atoms with Gasteiger partial charge in [0, 0.05) is 6.04 Å². The summed E-state index contributed by atoms with van der Waals surface area (Å²) in [5.41, 5.74) is 1.21. The third kappa shape index (κ3) is 2.89. The number of hydrogen-bond acceptors (Lipinski definition) is 2. The molecule has 1 N–H and O–H groups in total. The Morgan fingerprint density at radius 2 is 1.85 bits per heavy atom. The summed E-state index contributed by atoms with van der Waals surface area (Å²) in [4.78, 5) is 0. The van der Waals surface area contributed by atoms with Crippen molar-refractivity contribution in [2.24, 2.45) is 0 Å². The van der Waals surface area contributed by atoms with Crippen LogP contribution in [0.3, 0.4) is 0 Å². The van der Waals surface area contributed by atoms with Gasteiger partial charge in [0.05, 0.1) is 12.1 Å². The van der Waals surface area contributed by atoms with Crippen LogP contribution in [0.4, 0.5) is 0 Å². The largest absolute Gasteiger partial charge is 0.296 e. The Morgan fingerprint density at radius 1 is 1.23 bits per heavy atom. The van der Waals surface area contributed by atoms with E-state index in [-0.39, 0.29) is 12.1 Å². The summed E-state index contributed by atoms with van der Waals surface area (Å²) >= 11 is 0. The minimum Gasteiger partial charge on any atom is -0.296 e. The van der Waals surface area contributed by atoms with Crippen molar-refractivity contribution in [1.29, 1.82) is 5.26 Å². The van der Waals surface area contributed by atoms with Gasteiger partial charge in [-0.3, -0.25) is 5.32 Å². The van der Waals surface area contributed by atoms with Crippen LogP contribution in [0.5, 0.6) is 0 Å². The van der Waals surface area contributed by atoms with E-state index in [4.69, 9.17) is 5.26 Å². The molecule has 0 aliphatic carbocycles. The van der Waals surface area contributed by atoms with Crippen molar-refractivity contribution in [3.05, 3.63) is 35.9 Å². The van der Waals surface area contributed by atoms with E-state index in [2.05, 4.69) is 30.4 Å². The molecule has 0 saturated carbocycles. The smallest absolute Gasteiger partial charge is 0.0929 e. The topological polar surface area (TPSA) is 35.8 Å². The normalized spacial score (nSPS) is 14.5. The first-order valence-corrected chi connectivity index (χ1v) is 4.44. The molecule has 2 nitrogen and oxygen atoms in total. The summed E-state index contributed by atoms with van der Waals surface area (Å²) < 4.78 is 0. The molecule has 2 unspecified atom stereocenters. The van der Waals surface area contributed by atoms with Crippen molar-refractivity contribution in [3.8, 4) is 6.07 Å². The van der Waals surface area contributed by atoms with Gasteiger partial charge in [-0.05, 0) is 19.4 Å². The molecule has 0 fully saturated rings. The third-order valence-corrected chi connectivity index (χ3v) is 1.99. The zero-order valence-electron chi connectivity index (χ0n) is 7.99. The Morgan fingerprint density at radius 3 is 2.38 bits per heavy atom. The second-order valence-electron chi connectivity index (χ2n) is 3.15. The number of rotatable bonds is 3. The molecule has 0 spiro atoms. The lowest BCUT2D eigenvalue weighted by atomic mass is 10.1. The van der Waals surface area contributed by atoms with Crippen molar-refractivity contribution in [2.75, 3.05) is 0 Å². The number of hydrogen-bond donors (Lipinski definition) is 1. The molecule has 0 aromatic heterocycles. The first-order valence-electron chi connectivity index (χ1n) is 4.44. The SMILES string of the molecule is CC(C#N)NC(C)c1ccccc1. The Bertz CT molecular complexity index is 287. The Hall–Kier alpha value is -1.33. The second-order valence-corrected chi connectivity index (χ2v) is 3.15. The van der Waals surface area contributed by atoms with Crippen molar-refractivity contribution >= 4 is 0 Å². The Kier molecular flexibility index (Phi) is 3.48. The lowest BCUT2D eigenvalue weighted by molar-refractivity contribution is 0.543. The maximum Gasteiger partial charge on any atom is 0.0929 e. The quantitative estimate of drug-likeness (QED) is 0.762. The predicted octanol–water partition coefficient (Wildman–Crippen LogP) is 2.25. The summed E-state index contributed by atoms with van der Waals surface area (Å²) in [6, 6.07) is 12.4. The lowest BCUT2D eigenvalue weighted by Gasteiger charge is -2.15. The van der Waals surface area contributed by atoms with E-state index in [9.17, 15) is 0 Å². The maximum absolute atomic E-state index is 8.62. The van der Waals surface area contributed by atoms with E-state index >= 15 is 0 Å². The predicted molar refractivity (Wildman–Crippen MR) is 53.1 cm³/mol. The van der Waals surface area contributed by atoms with Crippen LogP contribution in [-0.4, -0.2) is 6.04 Å². The molecular formula is C11H14N2. The average molecular weight is 174 g/mol. The Labute approximate surface area is 79.2 Å². The number of benzene rings is 1. The van der Waals surface area contributed by atoms with E-state index in [0.29, 0.717) is 0 Å². The molecule has 0 saturated heterocycles. The fourth-order valence-electron chi connectivity index (χ4n) is 1.25. The Balaban J connectivity index is 2.60. The van der Waals surface area contributed by atoms with Crippen LogP contribution in [0.25, 0.3) is 0 Å². The molecule has 2 atom stereocenters. The fraction of sp³-hybridized carbons (Fsp3) is 0.364. The summed E-state index contributed by atoms with van der Waals surface area (Å²) in [5, 5.41) is 11.8. The van der Waals surface area contributed by atoms with E-state index in [1.165, 1.54) is 5.56 Å². The van der Waals surface area contributed by atoms with E-state index in [1.54, 1.807) is 0 Å². The zero-order valence-corrected chi connectivity index (χ0v) is 7.99. The molecular weight excluding hydrogens is 160 g/mol. The molecule has 13 heavy (non-hydrogen) atoms. The van der Waals surface area contributed by atoms with E-state index in [0.717, 1.165) is 0 Å². The first kappa shape index (κ1) is 9.76. The van der Waals surface area contributed by atoms with Crippen LogP contribution < -0.4 is 5.32 Å². The summed E-state index contributed by atoms with van der Waals surface area (Å²) in [6.07, 6.45) is 0. The summed E-state index contributed by atoms with van der Waals surface area (Å²) in [6.45, 7) is 3.92. The molecule has 0 aliphatic rings. The molecule has 1 aromatic rings. The number of nitrogens with one attached hydrogen (secondary N) is 1. The summed E-state index contributed by atoms with van der Waals surface area (Å²) in [5.74, 6) is 0. The highest BCUT2D eigenvalue weighted by Gasteiger charge is 2.06.